The largest absolute Gasteiger partial charge is 0.436 e. The summed E-state index contributed by atoms with van der Waals surface area (Å²) in [6.45, 7) is 1.66. The van der Waals surface area contributed by atoms with E-state index in [4.69, 9.17) is 22.1 Å². The number of hydrogen-bond acceptors (Lipinski definition) is 4. The number of nitrogens with one attached hydrogen (secondary N) is 2. The molecule has 0 spiro atoms. The summed E-state index contributed by atoms with van der Waals surface area (Å²) < 4.78 is 44.3. The van der Waals surface area contributed by atoms with Gasteiger partial charge in [-0.1, -0.05) is 47.7 Å². The van der Waals surface area contributed by atoms with Gasteiger partial charge < -0.3 is 21.1 Å². The Hall–Kier alpha value is -4.49. The molecule has 0 aliphatic rings. The summed E-state index contributed by atoms with van der Waals surface area (Å²) in [7, 11) is 1.40. The second kappa shape index (κ2) is 12.4. The third-order valence-electron chi connectivity index (χ3n) is 5.61. The fraction of sp³-hybridized carbons (Fsp3) is 0.179. The standard InChI is InChI=1S/C28H23ClF3N3O4/c1-16-17(10-11-18-6-3-4-7-19(18)12-24(26(37)34-2)39-27(33)38)8-5-9-23(16)25(36)35-22-14-20(28(30,31)32)13-21(29)15-22/h3-9,13-15,24H,12H2,1-2H3,(H2,33,38)(H,34,37)(H,35,36)/t24-/m1/s1. The van der Waals surface area contributed by atoms with Crippen LogP contribution in [-0.4, -0.2) is 31.1 Å². The van der Waals surface area contributed by atoms with Crippen LogP contribution in [0.5, 0.6) is 0 Å². The van der Waals surface area contributed by atoms with E-state index in [9.17, 15) is 27.6 Å². The highest BCUT2D eigenvalue weighted by Crippen LogP contribution is 2.33. The van der Waals surface area contributed by atoms with E-state index in [0.717, 1.165) is 12.1 Å². The highest BCUT2D eigenvalue weighted by molar-refractivity contribution is 6.31. The number of amides is 3. The van der Waals surface area contributed by atoms with Crippen molar-refractivity contribution in [2.24, 2.45) is 5.73 Å². The van der Waals surface area contributed by atoms with Gasteiger partial charge in [0.05, 0.1) is 5.56 Å². The zero-order chi connectivity index (χ0) is 28.7. The molecule has 3 aromatic rings. The molecule has 0 radical (unpaired) electrons. The van der Waals surface area contributed by atoms with Crippen LogP contribution in [0.4, 0.5) is 23.7 Å². The van der Waals surface area contributed by atoms with Crippen LogP contribution in [-0.2, 0) is 22.1 Å². The monoisotopic (exact) mass is 557 g/mol. The number of hydrogen-bond donors (Lipinski definition) is 3. The van der Waals surface area contributed by atoms with Crippen LogP contribution in [0.3, 0.4) is 0 Å². The molecule has 0 bridgehead atoms. The summed E-state index contributed by atoms with van der Waals surface area (Å²) in [5.41, 5.74) is 6.37. The van der Waals surface area contributed by atoms with Crippen molar-refractivity contribution in [2.75, 3.05) is 12.4 Å². The Morgan fingerprint density at radius 1 is 1.03 bits per heavy atom. The Balaban J connectivity index is 1.88. The minimum atomic E-state index is -4.63. The number of nitrogens with two attached hydrogens (primary N) is 1. The number of benzene rings is 3. The molecule has 7 nitrogen and oxygen atoms in total. The maximum Gasteiger partial charge on any atom is 0.416 e. The molecule has 1 atom stereocenters. The molecule has 0 aliphatic carbocycles. The van der Waals surface area contributed by atoms with Gasteiger partial charge in [-0.15, -0.1) is 0 Å². The van der Waals surface area contributed by atoms with Crippen LogP contribution in [0.25, 0.3) is 0 Å². The van der Waals surface area contributed by atoms with Crippen LogP contribution in [0.1, 0.15) is 38.2 Å². The maximum atomic E-state index is 13.1. The van der Waals surface area contributed by atoms with Crippen LogP contribution < -0.4 is 16.4 Å². The number of halogens is 4. The van der Waals surface area contributed by atoms with Gasteiger partial charge in [0.25, 0.3) is 11.8 Å². The van der Waals surface area contributed by atoms with Crippen molar-refractivity contribution in [2.45, 2.75) is 25.6 Å². The lowest BCUT2D eigenvalue weighted by Gasteiger charge is -2.16. The number of carbonyl (C=O) groups is 3. The Bertz CT molecular complexity index is 1480. The second-order valence-electron chi connectivity index (χ2n) is 8.31. The Kier molecular flexibility index (Phi) is 9.22. The van der Waals surface area contributed by atoms with Crippen molar-refractivity contribution < 1.29 is 32.3 Å². The molecule has 0 heterocycles. The summed E-state index contributed by atoms with van der Waals surface area (Å²) in [4.78, 5) is 36.3. The molecule has 11 heteroatoms. The highest BCUT2D eigenvalue weighted by Gasteiger charge is 2.31. The molecule has 3 amide bonds. The average Bonchev–Trinajstić information content (AvgIpc) is 2.86. The number of rotatable bonds is 6. The molecule has 0 aliphatic heterocycles. The van der Waals surface area contributed by atoms with Crippen LogP contribution >= 0.6 is 11.6 Å². The third kappa shape index (κ3) is 7.75. The predicted octanol–water partition coefficient (Wildman–Crippen LogP) is 5.07. The van der Waals surface area contributed by atoms with E-state index in [1.807, 2.05) is 0 Å². The van der Waals surface area contributed by atoms with E-state index < -0.39 is 35.8 Å². The van der Waals surface area contributed by atoms with E-state index in [-0.39, 0.29) is 22.7 Å². The van der Waals surface area contributed by atoms with Gasteiger partial charge in [-0.2, -0.15) is 13.2 Å². The average molecular weight is 558 g/mol. The molecule has 0 fully saturated rings. The SMILES string of the molecule is CNC(=O)[C@@H](Cc1ccccc1C#Cc1cccc(C(=O)Nc2cc(Cl)cc(C(F)(F)F)c2)c1C)OC(N)=O. The zero-order valence-corrected chi connectivity index (χ0v) is 21.5. The number of anilines is 1. The van der Waals surface area contributed by atoms with Crippen molar-refractivity contribution in [1.82, 2.24) is 5.32 Å². The number of carbonyl (C=O) groups excluding carboxylic acids is 3. The Morgan fingerprint density at radius 3 is 2.36 bits per heavy atom. The quantitative estimate of drug-likeness (QED) is 0.367. The third-order valence-corrected chi connectivity index (χ3v) is 5.83. The molecule has 0 saturated heterocycles. The molecule has 0 aromatic heterocycles. The topological polar surface area (TPSA) is 111 Å². The molecule has 3 aromatic carbocycles. The number of likely N-dealkylation sites (N-methyl/N-ethyl adjacent to an activating group) is 1. The number of ether oxygens (including phenoxy) is 1. The molecule has 202 valence electrons. The molecule has 3 rings (SSSR count). The maximum absolute atomic E-state index is 13.1. The molecule has 0 saturated carbocycles. The summed E-state index contributed by atoms with van der Waals surface area (Å²) in [6, 6.07) is 14.5. The molecule has 4 N–H and O–H groups in total. The van der Waals surface area contributed by atoms with E-state index in [0.29, 0.717) is 22.3 Å². The van der Waals surface area contributed by atoms with E-state index in [1.54, 1.807) is 43.3 Å². The van der Waals surface area contributed by atoms with E-state index in [2.05, 4.69) is 22.5 Å². The minimum Gasteiger partial charge on any atom is -0.436 e. The van der Waals surface area contributed by atoms with Gasteiger partial charge in [-0.3, -0.25) is 9.59 Å². The zero-order valence-electron chi connectivity index (χ0n) is 20.8. The van der Waals surface area contributed by atoms with Crippen molar-refractivity contribution >= 4 is 35.2 Å². The molecular weight excluding hydrogens is 535 g/mol. The smallest absolute Gasteiger partial charge is 0.416 e. The number of alkyl halides is 3. The lowest BCUT2D eigenvalue weighted by Crippen LogP contribution is -2.38. The predicted molar refractivity (Wildman–Crippen MR) is 140 cm³/mol. The van der Waals surface area contributed by atoms with Gasteiger partial charge in [-0.25, -0.2) is 4.79 Å². The van der Waals surface area contributed by atoms with Crippen LogP contribution in [0, 0.1) is 18.8 Å². The Morgan fingerprint density at radius 2 is 1.69 bits per heavy atom. The van der Waals surface area contributed by atoms with Crippen molar-refractivity contribution in [3.8, 4) is 11.8 Å². The van der Waals surface area contributed by atoms with Gasteiger partial charge in [0.2, 0.25) is 0 Å². The lowest BCUT2D eigenvalue weighted by molar-refractivity contribution is -0.137. The van der Waals surface area contributed by atoms with Crippen LogP contribution in [0.15, 0.2) is 60.7 Å². The van der Waals surface area contributed by atoms with Gasteiger partial charge >= 0.3 is 12.3 Å². The van der Waals surface area contributed by atoms with Gasteiger partial charge in [0, 0.05) is 40.9 Å². The molecule has 0 unspecified atom stereocenters. The first kappa shape index (κ1) is 29.1. The van der Waals surface area contributed by atoms with E-state index >= 15 is 0 Å². The first-order valence-corrected chi connectivity index (χ1v) is 11.8. The van der Waals surface area contributed by atoms with Crippen molar-refractivity contribution in [3.05, 3.63) is 99.1 Å². The molecule has 39 heavy (non-hydrogen) atoms. The first-order chi connectivity index (χ1) is 18.4. The van der Waals surface area contributed by atoms with Crippen LogP contribution in [0.2, 0.25) is 5.02 Å². The summed E-state index contributed by atoms with van der Waals surface area (Å²) >= 11 is 5.81. The fourth-order valence-corrected chi connectivity index (χ4v) is 3.92. The normalized spacial score (nSPS) is 11.5. The lowest BCUT2D eigenvalue weighted by atomic mass is 9.99. The number of primary amides is 1. The minimum absolute atomic E-state index is 0.0223. The summed E-state index contributed by atoms with van der Waals surface area (Å²) in [5, 5.41) is 4.70. The van der Waals surface area contributed by atoms with Gasteiger partial charge in [-0.05, 0) is 54.4 Å². The Labute approximate surface area is 227 Å². The van der Waals surface area contributed by atoms with E-state index in [1.165, 1.54) is 19.2 Å². The summed E-state index contributed by atoms with van der Waals surface area (Å²) in [5.74, 6) is 4.83. The fourth-order valence-electron chi connectivity index (χ4n) is 3.68. The van der Waals surface area contributed by atoms with Crippen molar-refractivity contribution in [1.29, 1.82) is 0 Å². The highest BCUT2D eigenvalue weighted by atomic mass is 35.5. The second-order valence-corrected chi connectivity index (χ2v) is 8.75. The summed E-state index contributed by atoms with van der Waals surface area (Å²) in [6.07, 6.45) is -6.86. The van der Waals surface area contributed by atoms with Gasteiger partial charge in [0.15, 0.2) is 6.10 Å². The first-order valence-electron chi connectivity index (χ1n) is 11.5. The molecular formula is C28H23ClF3N3O4. The van der Waals surface area contributed by atoms with Gasteiger partial charge in [0.1, 0.15) is 0 Å². The van der Waals surface area contributed by atoms with Crippen molar-refractivity contribution in [3.63, 3.8) is 0 Å².